The Morgan fingerprint density at radius 3 is 2.43 bits per heavy atom. The maximum atomic E-state index is 12.2. The molecule has 9 nitrogen and oxygen atoms in total. The van der Waals surface area contributed by atoms with Crippen LogP contribution in [0.1, 0.15) is 25.6 Å². The Morgan fingerprint density at radius 2 is 1.87 bits per heavy atom. The van der Waals surface area contributed by atoms with Gasteiger partial charge in [0.15, 0.2) is 0 Å². The van der Waals surface area contributed by atoms with Gasteiger partial charge in [0.2, 0.25) is 0 Å². The Morgan fingerprint density at radius 1 is 1.17 bits per heavy atom. The Kier molecular flexibility index (Phi) is 11.6. The topological polar surface area (TPSA) is 96.9 Å². The second kappa shape index (κ2) is 13.4. The number of hydrogen-bond donors (Lipinski definition) is 1. The summed E-state index contributed by atoms with van der Waals surface area (Å²) in [6, 6.07) is -0.251. The third-order valence-corrected chi connectivity index (χ3v) is 5.69. The number of aromatic nitrogens is 2. The monoisotopic (exact) mass is 477 g/mol. The smallest absolute Gasteiger partial charge is 0.414 e. The van der Waals surface area contributed by atoms with Crippen molar-refractivity contribution in [3.8, 4) is 0 Å². The number of thiazole rings is 2. The van der Waals surface area contributed by atoms with Crippen molar-refractivity contribution in [1.29, 1.82) is 0 Å². The van der Waals surface area contributed by atoms with Crippen LogP contribution in [0.15, 0.2) is 23.4 Å². The number of carbonyl (C=O) groups is 2. The second-order valence-electron chi connectivity index (χ2n) is 6.47. The predicted octanol–water partition coefficient (Wildman–Crippen LogP) is 3.62. The summed E-state index contributed by atoms with van der Waals surface area (Å²) in [5, 5.41) is 3.57. The Balaban J connectivity index is 0.00000450. The minimum atomic E-state index is -0.462. The van der Waals surface area contributed by atoms with Crippen molar-refractivity contribution in [1.82, 2.24) is 20.2 Å². The van der Waals surface area contributed by atoms with Gasteiger partial charge in [-0.3, -0.25) is 19.8 Å². The van der Waals surface area contributed by atoms with Crippen molar-refractivity contribution in [2.45, 2.75) is 39.5 Å². The van der Waals surface area contributed by atoms with Gasteiger partial charge in [-0.1, -0.05) is 6.92 Å². The van der Waals surface area contributed by atoms with Crippen LogP contribution in [0.5, 0.6) is 0 Å². The van der Waals surface area contributed by atoms with Crippen molar-refractivity contribution in [3.05, 3.63) is 28.3 Å². The Bertz CT molecular complexity index is 748. The van der Waals surface area contributed by atoms with E-state index in [9.17, 15) is 9.59 Å². The minimum Gasteiger partial charge on any atom is -0.452 e. The molecule has 30 heavy (non-hydrogen) atoms. The van der Waals surface area contributed by atoms with Gasteiger partial charge in [0.05, 0.1) is 35.2 Å². The van der Waals surface area contributed by atoms with E-state index in [0.717, 1.165) is 16.4 Å². The van der Waals surface area contributed by atoms with Crippen molar-refractivity contribution in [3.63, 3.8) is 0 Å². The molecule has 0 radical (unpaired) electrons. The Labute approximate surface area is 190 Å². The number of halogens is 1. The fourth-order valence-corrected chi connectivity index (χ4v) is 4.05. The highest BCUT2D eigenvalue weighted by atomic mass is 35.5. The summed E-state index contributed by atoms with van der Waals surface area (Å²) in [6.07, 6.45) is 2.45. The average Bonchev–Trinajstić information content (AvgIpc) is 3.40. The quantitative estimate of drug-likeness (QED) is 0.558. The highest BCUT2D eigenvalue weighted by Gasteiger charge is 2.26. The molecule has 0 aliphatic rings. The molecule has 0 aliphatic heterocycles. The van der Waals surface area contributed by atoms with E-state index in [4.69, 9.17) is 9.47 Å². The Hall–Kier alpha value is -1.95. The molecule has 2 rings (SSSR count). The first-order valence-electron chi connectivity index (χ1n) is 9.23. The van der Waals surface area contributed by atoms with Gasteiger partial charge in [-0.05, 0) is 20.4 Å². The number of nitrogens with zero attached hydrogens (tertiary/aromatic N) is 4. The summed E-state index contributed by atoms with van der Waals surface area (Å²) >= 11 is 2.82. The molecule has 12 heteroatoms. The lowest BCUT2D eigenvalue weighted by Crippen LogP contribution is -2.49. The van der Waals surface area contributed by atoms with E-state index in [-0.39, 0.29) is 31.1 Å². The molecule has 0 saturated heterocycles. The molecule has 2 heterocycles. The summed E-state index contributed by atoms with van der Waals surface area (Å²) in [7, 11) is 1.37. The molecule has 0 unspecified atom stereocenters. The second-order valence-corrected chi connectivity index (χ2v) is 8.31. The highest BCUT2D eigenvalue weighted by Crippen LogP contribution is 2.23. The van der Waals surface area contributed by atoms with Crippen LogP contribution in [-0.4, -0.2) is 65.9 Å². The van der Waals surface area contributed by atoms with Gasteiger partial charge >= 0.3 is 12.2 Å². The van der Waals surface area contributed by atoms with Gasteiger partial charge < -0.3 is 14.8 Å². The third-order valence-electron chi connectivity index (χ3n) is 4.16. The number of methoxy groups -OCH3 is 1. The number of anilines is 1. The zero-order chi connectivity index (χ0) is 21.2. The van der Waals surface area contributed by atoms with Crippen LogP contribution in [-0.2, 0) is 16.1 Å². The third kappa shape index (κ3) is 8.05. The van der Waals surface area contributed by atoms with Crippen molar-refractivity contribution < 1.29 is 19.1 Å². The molecule has 168 valence electrons. The first-order chi connectivity index (χ1) is 13.9. The van der Waals surface area contributed by atoms with Crippen molar-refractivity contribution in [2.24, 2.45) is 0 Å². The normalized spacial score (nSPS) is 12.6. The summed E-state index contributed by atoms with van der Waals surface area (Å²) in [5.41, 5.74) is 3.38. The van der Waals surface area contributed by atoms with Gasteiger partial charge in [0, 0.05) is 25.3 Å². The van der Waals surface area contributed by atoms with Gasteiger partial charge in [0.25, 0.3) is 0 Å². The molecule has 2 atom stereocenters. The molecule has 2 aromatic rings. The fourth-order valence-electron chi connectivity index (χ4n) is 2.83. The molecule has 0 aromatic carbocycles. The summed E-state index contributed by atoms with van der Waals surface area (Å²) in [5.74, 6) is 0. The summed E-state index contributed by atoms with van der Waals surface area (Å²) in [6.45, 7) is 8.13. The van der Waals surface area contributed by atoms with Gasteiger partial charge in [-0.15, -0.1) is 35.1 Å². The van der Waals surface area contributed by atoms with Crippen molar-refractivity contribution >= 4 is 52.3 Å². The molecule has 2 amide bonds. The number of rotatable bonds is 10. The maximum Gasteiger partial charge on any atom is 0.414 e. The lowest BCUT2D eigenvalue weighted by atomic mass is 10.2. The standard InChI is InChI=1S/C18H27N5O4S2.ClH/c1-5-22(8-13(2)21-17(24)27-10-15-6-19-11-28-15)9-14(3)23(18(25)26-4)16-7-20-12-29-16;/h6-7,11-14H,5,8-10H2,1-4H3,(H,21,24);1H/t13-,14+;/m1./s1. The molecule has 0 fully saturated rings. The number of amides is 2. The SMILES string of the molecule is CCN(C[C@@H](C)NC(=O)OCc1cncs1)C[C@H](C)N(C(=O)OC)c1cncs1.Cl. The zero-order valence-electron chi connectivity index (χ0n) is 17.4. The van der Waals surface area contributed by atoms with Crippen LogP contribution in [0.25, 0.3) is 0 Å². The molecular formula is C18H28ClN5O4S2. The number of carbonyl (C=O) groups excluding carboxylic acids is 2. The molecule has 0 saturated carbocycles. The average molecular weight is 478 g/mol. The van der Waals surface area contributed by atoms with E-state index >= 15 is 0 Å². The lowest BCUT2D eigenvalue weighted by molar-refractivity contribution is 0.133. The fraction of sp³-hybridized carbons (Fsp3) is 0.556. The minimum absolute atomic E-state index is 0. The van der Waals surface area contributed by atoms with Crippen molar-refractivity contribution in [2.75, 3.05) is 31.6 Å². The van der Waals surface area contributed by atoms with E-state index < -0.39 is 12.2 Å². The molecule has 0 aliphatic carbocycles. The van der Waals surface area contributed by atoms with Crippen LogP contribution in [0.2, 0.25) is 0 Å². The van der Waals surface area contributed by atoms with Gasteiger partial charge in [-0.25, -0.2) is 9.59 Å². The van der Waals surface area contributed by atoms with Crippen LogP contribution >= 0.6 is 35.1 Å². The molecule has 0 spiro atoms. The predicted molar refractivity (Wildman–Crippen MR) is 121 cm³/mol. The van der Waals surface area contributed by atoms with Crippen LogP contribution < -0.4 is 10.2 Å². The van der Waals surface area contributed by atoms with Crippen LogP contribution in [0.3, 0.4) is 0 Å². The highest BCUT2D eigenvalue weighted by molar-refractivity contribution is 7.14. The first-order valence-corrected chi connectivity index (χ1v) is 11.0. The van der Waals surface area contributed by atoms with Crippen LogP contribution in [0.4, 0.5) is 14.6 Å². The van der Waals surface area contributed by atoms with Gasteiger partial charge in [-0.2, -0.15) is 0 Å². The first kappa shape index (κ1) is 26.1. The van der Waals surface area contributed by atoms with E-state index in [1.54, 1.807) is 28.3 Å². The number of ether oxygens (including phenoxy) is 2. The number of hydrogen-bond acceptors (Lipinski definition) is 9. The zero-order valence-corrected chi connectivity index (χ0v) is 19.9. The molecule has 1 N–H and O–H groups in total. The molecular weight excluding hydrogens is 450 g/mol. The largest absolute Gasteiger partial charge is 0.452 e. The summed E-state index contributed by atoms with van der Waals surface area (Å²) in [4.78, 5) is 36.9. The number of nitrogens with one attached hydrogen (secondary N) is 1. The van der Waals surface area contributed by atoms with E-state index in [0.29, 0.717) is 13.1 Å². The molecule has 2 aromatic heterocycles. The van der Waals surface area contributed by atoms with Gasteiger partial charge in [0.1, 0.15) is 11.6 Å². The molecule has 0 bridgehead atoms. The maximum absolute atomic E-state index is 12.2. The van der Waals surface area contributed by atoms with E-state index in [1.165, 1.54) is 29.8 Å². The number of alkyl carbamates (subject to hydrolysis) is 1. The number of likely N-dealkylation sites (N-methyl/N-ethyl adjacent to an activating group) is 1. The lowest BCUT2D eigenvalue weighted by Gasteiger charge is -2.32. The van der Waals surface area contributed by atoms with E-state index in [2.05, 4.69) is 20.2 Å². The summed E-state index contributed by atoms with van der Waals surface area (Å²) < 4.78 is 10.1. The van der Waals surface area contributed by atoms with E-state index in [1.807, 2.05) is 20.8 Å². The van der Waals surface area contributed by atoms with Crippen LogP contribution in [0, 0.1) is 0 Å².